The average Bonchev–Trinajstić information content (AvgIpc) is 2.96. The monoisotopic (exact) mass is 276 g/mol. The van der Waals surface area contributed by atoms with Crippen LogP contribution in [0.25, 0.3) is 0 Å². The quantitative estimate of drug-likeness (QED) is 0.935. The van der Waals surface area contributed by atoms with Crippen LogP contribution in [-0.4, -0.2) is 23.1 Å². The van der Waals surface area contributed by atoms with Crippen molar-refractivity contribution in [2.75, 3.05) is 23.3 Å². The summed E-state index contributed by atoms with van der Waals surface area (Å²) >= 11 is 0. The molecule has 1 aromatic carbocycles. The molecule has 1 fully saturated rings. The second-order valence-corrected chi connectivity index (χ2v) is 4.68. The Kier molecular flexibility index (Phi) is 3.45. The predicted octanol–water partition coefficient (Wildman–Crippen LogP) is 3.10. The number of rotatable bonds is 3. The molecule has 104 valence electrons. The Labute approximate surface area is 115 Å². The van der Waals surface area contributed by atoms with Crippen LogP contribution in [0.2, 0.25) is 0 Å². The van der Waals surface area contributed by atoms with E-state index in [1.54, 1.807) is 6.20 Å². The van der Waals surface area contributed by atoms with Crippen molar-refractivity contribution in [2.24, 2.45) is 0 Å². The smallest absolute Gasteiger partial charge is 0.229 e. The summed E-state index contributed by atoms with van der Waals surface area (Å²) in [5, 5.41) is 2.77. The van der Waals surface area contributed by atoms with Gasteiger partial charge in [-0.25, -0.2) is 13.8 Å². The molecule has 1 aromatic heterocycles. The van der Waals surface area contributed by atoms with Crippen molar-refractivity contribution >= 4 is 17.5 Å². The van der Waals surface area contributed by atoms with Crippen molar-refractivity contribution in [1.29, 1.82) is 0 Å². The van der Waals surface area contributed by atoms with Gasteiger partial charge in [-0.1, -0.05) is 0 Å². The van der Waals surface area contributed by atoms with E-state index >= 15 is 0 Å². The Morgan fingerprint density at radius 2 is 1.90 bits per heavy atom. The van der Waals surface area contributed by atoms with Gasteiger partial charge in [-0.05, 0) is 31.0 Å². The number of benzene rings is 1. The molecule has 0 radical (unpaired) electrons. The second kappa shape index (κ2) is 5.40. The third-order valence-corrected chi connectivity index (χ3v) is 3.25. The van der Waals surface area contributed by atoms with Crippen LogP contribution in [0.1, 0.15) is 12.8 Å². The largest absolute Gasteiger partial charge is 0.356 e. The molecule has 0 unspecified atom stereocenters. The zero-order chi connectivity index (χ0) is 13.9. The zero-order valence-electron chi connectivity index (χ0n) is 10.8. The number of nitrogens with one attached hydrogen (secondary N) is 1. The van der Waals surface area contributed by atoms with Crippen molar-refractivity contribution in [3.8, 4) is 0 Å². The van der Waals surface area contributed by atoms with Crippen LogP contribution < -0.4 is 10.2 Å². The lowest BCUT2D eigenvalue weighted by atomic mass is 10.3. The fraction of sp³-hybridized carbons (Fsp3) is 0.286. The maximum absolute atomic E-state index is 13.6. The Bertz CT molecular complexity index is 612. The number of anilines is 3. The lowest BCUT2D eigenvalue weighted by Crippen LogP contribution is -2.19. The molecular weight excluding hydrogens is 262 g/mol. The first-order valence-corrected chi connectivity index (χ1v) is 6.52. The van der Waals surface area contributed by atoms with Gasteiger partial charge in [0.05, 0.1) is 5.69 Å². The lowest BCUT2D eigenvalue weighted by Gasteiger charge is -2.16. The van der Waals surface area contributed by atoms with Crippen molar-refractivity contribution in [1.82, 2.24) is 9.97 Å². The van der Waals surface area contributed by atoms with E-state index in [0.29, 0.717) is 5.95 Å². The van der Waals surface area contributed by atoms with Gasteiger partial charge in [0.2, 0.25) is 5.95 Å². The van der Waals surface area contributed by atoms with Crippen LogP contribution >= 0.6 is 0 Å². The van der Waals surface area contributed by atoms with Crippen molar-refractivity contribution in [3.05, 3.63) is 42.1 Å². The van der Waals surface area contributed by atoms with Crippen LogP contribution in [0.15, 0.2) is 30.5 Å². The number of hydrogen-bond donors (Lipinski definition) is 1. The molecule has 0 aliphatic carbocycles. The summed E-state index contributed by atoms with van der Waals surface area (Å²) in [6, 6.07) is 5.18. The van der Waals surface area contributed by atoms with Crippen LogP contribution in [0.5, 0.6) is 0 Å². The molecular formula is C14H14F2N4. The SMILES string of the molecule is Fc1ccc(Nc2nccc(N3CCCC3)n2)c(F)c1. The highest BCUT2D eigenvalue weighted by molar-refractivity contribution is 5.55. The Hall–Kier alpha value is -2.24. The number of aromatic nitrogens is 2. The molecule has 4 nitrogen and oxygen atoms in total. The Balaban J connectivity index is 1.81. The van der Waals surface area contributed by atoms with Crippen molar-refractivity contribution in [2.45, 2.75) is 12.8 Å². The fourth-order valence-electron chi connectivity index (χ4n) is 2.24. The molecule has 1 saturated heterocycles. The lowest BCUT2D eigenvalue weighted by molar-refractivity contribution is 0.586. The van der Waals surface area contributed by atoms with E-state index in [2.05, 4.69) is 20.2 Å². The van der Waals surface area contributed by atoms with E-state index in [-0.39, 0.29) is 5.69 Å². The maximum Gasteiger partial charge on any atom is 0.229 e. The van der Waals surface area contributed by atoms with E-state index in [4.69, 9.17) is 0 Å². The average molecular weight is 276 g/mol. The van der Waals surface area contributed by atoms with Gasteiger partial charge >= 0.3 is 0 Å². The van der Waals surface area contributed by atoms with Gasteiger partial charge in [-0.2, -0.15) is 4.98 Å². The summed E-state index contributed by atoms with van der Waals surface area (Å²) in [4.78, 5) is 10.6. The highest BCUT2D eigenvalue weighted by Crippen LogP contribution is 2.21. The highest BCUT2D eigenvalue weighted by atomic mass is 19.1. The first-order chi connectivity index (χ1) is 9.72. The van der Waals surface area contributed by atoms with Gasteiger partial charge in [0, 0.05) is 25.4 Å². The summed E-state index contributed by atoms with van der Waals surface area (Å²) < 4.78 is 26.4. The molecule has 0 amide bonds. The van der Waals surface area contributed by atoms with Crippen LogP contribution in [0, 0.1) is 11.6 Å². The van der Waals surface area contributed by atoms with Gasteiger partial charge in [0.1, 0.15) is 17.5 Å². The molecule has 2 heterocycles. The summed E-state index contributed by atoms with van der Waals surface area (Å²) in [5.41, 5.74) is 0.157. The van der Waals surface area contributed by atoms with E-state index in [0.717, 1.165) is 37.8 Å². The third-order valence-electron chi connectivity index (χ3n) is 3.25. The zero-order valence-corrected chi connectivity index (χ0v) is 10.8. The minimum atomic E-state index is -0.667. The first kappa shape index (κ1) is 12.8. The minimum Gasteiger partial charge on any atom is -0.356 e. The molecule has 0 atom stereocenters. The molecule has 1 N–H and O–H groups in total. The van der Waals surface area contributed by atoms with Crippen LogP contribution in [0.4, 0.5) is 26.2 Å². The van der Waals surface area contributed by atoms with E-state index in [1.807, 2.05) is 6.07 Å². The van der Waals surface area contributed by atoms with Gasteiger partial charge in [-0.15, -0.1) is 0 Å². The molecule has 6 heteroatoms. The van der Waals surface area contributed by atoms with Crippen molar-refractivity contribution in [3.63, 3.8) is 0 Å². The molecule has 0 spiro atoms. The molecule has 1 aliphatic heterocycles. The number of halogens is 2. The Morgan fingerprint density at radius 1 is 1.10 bits per heavy atom. The van der Waals surface area contributed by atoms with Crippen LogP contribution in [-0.2, 0) is 0 Å². The Morgan fingerprint density at radius 3 is 2.65 bits per heavy atom. The van der Waals surface area contributed by atoms with Gasteiger partial charge < -0.3 is 10.2 Å². The van der Waals surface area contributed by atoms with Crippen molar-refractivity contribution < 1.29 is 8.78 Å². The van der Waals surface area contributed by atoms with Gasteiger partial charge in [0.15, 0.2) is 0 Å². The predicted molar refractivity (Wildman–Crippen MR) is 73.1 cm³/mol. The summed E-state index contributed by atoms with van der Waals surface area (Å²) in [7, 11) is 0. The number of nitrogens with zero attached hydrogens (tertiary/aromatic N) is 3. The molecule has 0 saturated carbocycles. The standard InChI is InChI=1S/C14H14F2N4/c15-10-3-4-12(11(16)9-10)18-14-17-6-5-13(19-14)20-7-1-2-8-20/h3-6,9H,1-2,7-8H2,(H,17,18,19). The maximum atomic E-state index is 13.6. The summed E-state index contributed by atoms with van der Waals surface area (Å²) in [6.07, 6.45) is 3.93. The molecule has 3 rings (SSSR count). The molecule has 2 aromatic rings. The second-order valence-electron chi connectivity index (χ2n) is 4.68. The third kappa shape index (κ3) is 2.68. The van der Waals surface area contributed by atoms with E-state index in [9.17, 15) is 8.78 Å². The summed E-state index contributed by atoms with van der Waals surface area (Å²) in [5.74, 6) is -0.151. The molecule has 1 aliphatic rings. The van der Waals surface area contributed by atoms with E-state index < -0.39 is 11.6 Å². The normalized spacial score (nSPS) is 14.6. The fourth-order valence-corrected chi connectivity index (χ4v) is 2.24. The summed E-state index contributed by atoms with van der Waals surface area (Å²) in [6.45, 7) is 1.95. The van der Waals surface area contributed by atoms with Gasteiger partial charge in [-0.3, -0.25) is 0 Å². The number of hydrogen-bond acceptors (Lipinski definition) is 4. The van der Waals surface area contributed by atoms with Crippen LogP contribution in [0.3, 0.4) is 0 Å². The first-order valence-electron chi connectivity index (χ1n) is 6.52. The minimum absolute atomic E-state index is 0.157. The topological polar surface area (TPSA) is 41.1 Å². The molecule has 20 heavy (non-hydrogen) atoms. The van der Waals surface area contributed by atoms with Gasteiger partial charge in [0.25, 0.3) is 0 Å². The molecule has 0 bridgehead atoms. The van der Waals surface area contributed by atoms with E-state index in [1.165, 1.54) is 12.1 Å². The highest BCUT2D eigenvalue weighted by Gasteiger charge is 2.14.